The number of nitrogens with zero attached hydrogens (tertiary/aromatic N) is 1. The fourth-order valence-corrected chi connectivity index (χ4v) is 6.60. The molecule has 7 N–H and O–H groups in total. The molecule has 30 heavy (non-hydrogen) atoms. The summed E-state index contributed by atoms with van der Waals surface area (Å²) in [6.45, 7) is 3.51. The zero-order chi connectivity index (χ0) is 20.9. The van der Waals surface area contributed by atoms with Crippen molar-refractivity contribution in [2.75, 3.05) is 26.2 Å². The SMILES string of the molecule is N=C(N)NCCN[C@@H]1CC[C@@]2(O)[C@H]3Cc4ccc(O)cc4[C@@]2(CCN3CC2CC2)C1. The van der Waals surface area contributed by atoms with Gasteiger partial charge in [0.25, 0.3) is 0 Å². The molecule has 2 saturated carbocycles. The number of piperidine rings is 1. The van der Waals surface area contributed by atoms with Crippen molar-refractivity contribution >= 4 is 5.96 Å². The summed E-state index contributed by atoms with van der Waals surface area (Å²) in [6, 6.07) is 6.28. The van der Waals surface area contributed by atoms with Crippen LogP contribution in [0.15, 0.2) is 18.2 Å². The van der Waals surface area contributed by atoms with Gasteiger partial charge in [0.2, 0.25) is 0 Å². The first kappa shape index (κ1) is 20.1. The standard InChI is InChI=1S/C23H35N5O2/c24-21(25)27-9-8-26-17-5-6-23(30)20-11-16-3-4-18(29)12-19(16)22(23,13-17)7-10-28(20)14-15-1-2-15/h3-4,12,15,17,20,26,29-30H,1-2,5-11,13-14H2,(H4,24,25,27)/t17-,20-,22-,23-/m1/s1. The van der Waals surface area contributed by atoms with Crippen molar-refractivity contribution in [1.29, 1.82) is 5.41 Å². The number of benzene rings is 1. The van der Waals surface area contributed by atoms with Crippen LogP contribution in [0.4, 0.5) is 0 Å². The highest BCUT2D eigenvalue weighted by Gasteiger charge is 2.64. The quantitative estimate of drug-likeness (QED) is 0.236. The lowest BCUT2D eigenvalue weighted by molar-refractivity contribution is -0.170. The fraction of sp³-hybridized carbons (Fsp3) is 0.696. The monoisotopic (exact) mass is 413 g/mol. The van der Waals surface area contributed by atoms with Crippen LogP contribution < -0.4 is 16.4 Å². The molecule has 1 aromatic rings. The lowest BCUT2D eigenvalue weighted by atomic mass is 9.49. The van der Waals surface area contributed by atoms with Gasteiger partial charge in [-0.25, -0.2) is 0 Å². The molecule has 4 aliphatic rings. The van der Waals surface area contributed by atoms with Gasteiger partial charge in [0.1, 0.15) is 5.75 Å². The fourth-order valence-electron chi connectivity index (χ4n) is 6.60. The minimum Gasteiger partial charge on any atom is -0.508 e. The van der Waals surface area contributed by atoms with Crippen LogP contribution in [-0.4, -0.2) is 64.9 Å². The predicted molar refractivity (Wildman–Crippen MR) is 117 cm³/mol. The van der Waals surface area contributed by atoms with E-state index in [4.69, 9.17) is 11.1 Å². The van der Waals surface area contributed by atoms with E-state index in [1.807, 2.05) is 6.07 Å². The van der Waals surface area contributed by atoms with Crippen molar-refractivity contribution < 1.29 is 10.2 Å². The van der Waals surface area contributed by atoms with Crippen molar-refractivity contribution in [1.82, 2.24) is 15.5 Å². The zero-order valence-electron chi connectivity index (χ0n) is 17.7. The molecule has 1 aromatic carbocycles. The highest BCUT2D eigenvalue weighted by atomic mass is 16.3. The van der Waals surface area contributed by atoms with Gasteiger partial charge < -0.3 is 26.6 Å². The summed E-state index contributed by atoms with van der Waals surface area (Å²) in [4.78, 5) is 2.58. The molecular weight excluding hydrogens is 378 g/mol. The van der Waals surface area contributed by atoms with Crippen LogP contribution in [0.25, 0.3) is 0 Å². The molecule has 0 amide bonds. The Morgan fingerprint density at radius 1 is 1.23 bits per heavy atom. The minimum atomic E-state index is -0.739. The van der Waals surface area contributed by atoms with E-state index in [0.29, 0.717) is 18.3 Å². The second-order valence-electron chi connectivity index (χ2n) is 9.99. The van der Waals surface area contributed by atoms with Crippen molar-refractivity contribution in [3.05, 3.63) is 29.3 Å². The Morgan fingerprint density at radius 2 is 2.07 bits per heavy atom. The molecule has 1 aliphatic heterocycles. The molecule has 2 bridgehead atoms. The van der Waals surface area contributed by atoms with Gasteiger partial charge in [-0.15, -0.1) is 0 Å². The summed E-state index contributed by atoms with van der Waals surface area (Å²) < 4.78 is 0. The Labute approximate surface area is 178 Å². The number of aliphatic hydroxyl groups is 1. The molecule has 5 rings (SSSR count). The van der Waals surface area contributed by atoms with Crippen LogP contribution in [0.2, 0.25) is 0 Å². The number of nitrogens with two attached hydrogens (primary N) is 1. The maximum Gasteiger partial charge on any atom is 0.185 e. The molecule has 164 valence electrons. The van der Waals surface area contributed by atoms with E-state index in [1.165, 1.54) is 24.0 Å². The Hall–Kier alpha value is -1.83. The summed E-state index contributed by atoms with van der Waals surface area (Å²) in [7, 11) is 0. The largest absolute Gasteiger partial charge is 0.508 e. The van der Waals surface area contributed by atoms with Crippen molar-refractivity contribution in [2.45, 2.75) is 68.0 Å². The first-order valence-corrected chi connectivity index (χ1v) is 11.5. The molecule has 0 spiro atoms. The second kappa shape index (κ2) is 7.39. The van der Waals surface area contributed by atoms with Gasteiger partial charge in [0.05, 0.1) is 5.60 Å². The summed E-state index contributed by atoms with van der Waals surface area (Å²) in [6.07, 6.45) is 7.09. The molecule has 3 fully saturated rings. The van der Waals surface area contributed by atoms with E-state index in [1.54, 1.807) is 6.07 Å². The molecule has 1 saturated heterocycles. The Morgan fingerprint density at radius 3 is 2.83 bits per heavy atom. The van der Waals surface area contributed by atoms with E-state index in [2.05, 4.69) is 21.6 Å². The van der Waals surface area contributed by atoms with E-state index in [9.17, 15) is 10.2 Å². The minimum absolute atomic E-state index is 0.00373. The molecule has 0 aromatic heterocycles. The molecular formula is C23H35N5O2. The van der Waals surface area contributed by atoms with Crippen LogP contribution in [-0.2, 0) is 11.8 Å². The van der Waals surface area contributed by atoms with Gasteiger partial charge in [-0.05, 0) is 80.7 Å². The third-order valence-corrected chi connectivity index (χ3v) is 8.20. The first-order valence-electron chi connectivity index (χ1n) is 11.5. The number of rotatable bonds is 6. The molecule has 1 heterocycles. The Kier molecular flexibility index (Phi) is 4.95. The van der Waals surface area contributed by atoms with E-state index >= 15 is 0 Å². The van der Waals surface area contributed by atoms with Crippen LogP contribution in [0.1, 0.15) is 49.7 Å². The number of likely N-dealkylation sites (tertiary alicyclic amines) is 1. The topological polar surface area (TPSA) is 118 Å². The number of aromatic hydroxyl groups is 1. The van der Waals surface area contributed by atoms with Crippen LogP contribution in [0.3, 0.4) is 0 Å². The maximum absolute atomic E-state index is 12.3. The summed E-state index contributed by atoms with van der Waals surface area (Å²) in [5.41, 5.74) is 6.79. The van der Waals surface area contributed by atoms with Gasteiger partial charge in [0, 0.05) is 37.1 Å². The molecule has 7 nitrogen and oxygen atoms in total. The average Bonchev–Trinajstić information content (AvgIpc) is 3.52. The van der Waals surface area contributed by atoms with Gasteiger partial charge >= 0.3 is 0 Å². The third kappa shape index (κ3) is 3.27. The number of phenols is 1. The highest BCUT2D eigenvalue weighted by Crippen LogP contribution is 2.58. The van der Waals surface area contributed by atoms with Crippen molar-refractivity contribution in [2.24, 2.45) is 11.7 Å². The van der Waals surface area contributed by atoms with Gasteiger partial charge in [-0.1, -0.05) is 6.07 Å². The van der Waals surface area contributed by atoms with Crippen LogP contribution in [0.5, 0.6) is 5.75 Å². The number of phenolic OH excluding ortho intramolecular Hbond substituents is 1. The van der Waals surface area contributed by atoms with Crippen LogP contribution >= 0.6 is 0 Å². The number of guanidine groups is 1. The van der Waals surface area contributed by atoms with E-state index < -0.39 is 5.60 Å². The lowest BCUT2D eigenvalue weighted by Crippen LogP contribution is -2.74. The van der Waals surface area contributed by atoms with Gasteiger partial charge in [-0.3, -0.25) is 10.3 Å². The highest BCUT2D eigenvalue weighted by molar-refractivity contribution is 5.74. The second-order valence-corrected chi connectivity index (χ2v) is 9.99. The zero-order valence-corrected chi connectivity index (χ0v) is 17.7. The van der Waals surface area contributed by atoms with Crippen molar-refractivity contribution in [3.8, 4) is 5.75 Å². The number of nitrogens with one attached hydrogen (secondary N) is 3. The molecule has 0 unspecified atom stereocenters. The van der Waals surface area contributed by atoms with Gasteiger partial charge in [-0.2, -0.15) is 0 Å². The smallest absolute Gasteiger partial charge is 0.185 e. The molecule has 7 heteroatoms. The van der Waals surface area contributed by atoms with E-state index in [0.717, 1.165) is 57.7 Å². The summed E-state index contributed by atoms with van der Waals surface area (Å²) >= 11 is 0. The Bertz CT molecular complexity index is 828. The van der Waals surface area contributed by atoms with Crippen LogP contribution in [0, 0.1) is 11.3 Å². The first-order chi connectivity index (χ1) is 14.4. The predicted octanol–water partition coefficient (Wildman–Crippen LogP) is 1.03. The Balaban J connectivity index is 1.43. The summed E-state index contributed by atoms with van der Waals surface area (Å²) in [5, 5.41) is 36.3. The van der Waals surface area contributed by atoms with E-state index in [-0.39, 0.29) is 17.4 Å². The lowest BCUT2D eigenvalue weighted by Gasteiger charge is -2.65. The normalized spacial score (nSPS) is 35.4. The maximum atomic E-state index is 12.3. The van der Waals surface area contributed by atoms with Gasteiger partial charge in [0.15, 0.2) is 5.96 Å². The average molecular weight is 414 g/mol. The number of fused-ring (bicyclic) bond motifs is 1. The molecule has 3 aliphatic carbocycles. The van der Waals surface area contributed by atoms with Crippen molar-refractivity contribution in [3.63, 3.8) is 0 Å². The number of hydrogen-bond acceptors (Lipinski definition) is 5. The third-order valence-electron chi connectivity index (χ3n) is 8.20. The number of hydrogen-bond donors (Lipinski definition) is 6. The molecule has 4 atom stereocenters. The molecule has 0 radical (unpaired) electrons. The summed E-state index contributed by atoms with van der Waals surface area (Å²) in [5.74, 6) is 1.11.